The first kappa shape index (κ1) is 30.5. The van der Waals surface area contributed by atoms with E-state index in [4.69, 9.17) is 10.1 Å². The Balaban J connectivity index is 1.61. The molecule has 42 heavy (non-hydrogen) atoms. The molecule has 2 N–H and O–H groups in total. The van der Waals surface area contributed by atoms with E-state index in [0.717, 1.165) is 18.7 Å². The van der Waals surface area contributed by atoms with E-state index >= 15 is 0 Å². The van der Waals surface area contributed by atoms with Gasteiger partial charge in [-0.15, -0.1) is 0 Å². The number of hydrogen-bond donors (Lipinski definition) is 2. The summed E-state index contributed by atoms with van der Waals surface area (Å²) in [5.41, 5.74) is 4.33. The highest BCUT2D eigenvalue weighted by atomic mass is 19.1. The van der Waals surface area contributed by atoms with Crippen molar-refractivity contribution >= 4 is 40.6 Å². The predicted molar refractivity (Wildman–Crippen MR) is 162 cm³/mol. The molecule has 1 unspecified atom stereocenters. The molecule has 1 heterocycles. The molecule has 3 aromatic rings. The lowest BCUT2D eigenvalue weighted by molar-refractivity contribution is -0.137. The fourth-order valence-corrected chi connectivity index (χ4v) is 4.72. The predicted octanol–water partition coefficient (Wildman–Crippen LogP) is 4.16. The van der Waals surface area contributed by atoms with E-state index in [0.29, 0.717) is 40.3 Å². The van der Waals surface area contributed by atoms with E-state index in [1.165, 1.54) is 12.1 Å². The number of carbonyl (C=O) groups is 3. The van der Waals surface area contributed by atoms with Gasteiger partial charge in [0.05, 0.1) is 17.9 Å². The largest absolute Gasteiger partial charge is 0.481 e. The summed E-state index contributed by atoms with van der Waals surface area (Å²) in [6, 6.07) is 18.7. The van der Waals surface area contributed by atoms with Crippen LogP contribution in [0.4, 0.5) is 21.5 Å². The molecule has 2 amide bonds. The number of likely N-dealkylation sites (N-methyl/N-ethyl adjacent to an activating group) is 3. The molecule has 4 rings (SSSR count). The number of aliphatic imine (C=N–C) groups is 1. The maximum absolute atomic E-state index is 13.9. The Morgan fingerprint density at radius 1 is 0.952 bits per heavy atom. The molecular weight excluding hydrogens is 537 g/mol. The zero-order valence-electron chi connectivity index (χ0n) is 24.3. The van der Waals surface area contributed by atoms with E-state index in [1.807, 2.05) is 50.3 Å². The fraction of sp³-hybridized carbons (Fsp3) is 0.312. The SMILES string of the molecule is CN(C)CCN(C)CC(=O)N(C)c1ccc(N=C(c2ccc(CCC(=O)O)cc2)C2C(=O)Nc3cc(F)ccc32)cc1. The molecule has 1 atom stereocenters. The van der Waals surface area contributed by atoms with Gasteiger partial charge in [-0.05, 0) is 80.7 Å². The number of benzene rings is 3. The summed E-state index contributed by atoms with van der Waals surface area (Å²) in [6.45, 7) is 1.91. The van der Waals surface area contributed by atoms with Gasteiger partial charge < -0.3 is 20.2 Å². The van der Waals surface area contributed by atoms with Crippen molar-refractivity contribution in [2.75, 3.05) is 58.0 Å². The second kappa shape index (κ2) is 13.5. The van der Waals surface area contributed by atoms with Crippen molar-refractivity contribution in [2.45, 2.75) is 18.8 Å². The topological polar surface area (TPSA) is 106 Å². The zero-order chi connectivity index (χ0) is 30.4. The minimum absolute atomic E-state index is 0.0138. The van der Waals surface area contributed by atoms with Crippen molar-refractivity contribution in [3.05, 3.63) is 89.2 Å². The number of anilines is 2. The number of rotatable bonds is 12. The number of fused-ring (bicyclic) bond motifs is 1. The normalized spacial score (nSPS) is 14.7. The van der Waals surface area contributed by atoms with Crippen LogP contribution in [0.15, 0.2) is 71.7 Å². The average molecular weight is 574 g/mol. The minimum Gasteiger partial charge on any atom is -0.481 e. The summed E-state index contributed by atoms with van der Waals surface area (Å²) in [5.74, 6) is -2.45. The number of carbonyl (C=O) groups excluding carboxylic acids is 2. The Morgan fingerprint density at radius 3 is 2.29 bits per heavy atom. The molecule has 1 aliphatic heterocycles. The van der Waals surface area contributed by atoms with Crippen LogP contribution in [0.5, 0.6) is 0 Å². The van der Waals surface area contributed by atoms with Gasteiger partial charge in [0.2, 0.25) is 11.8 Å². The van der Waals surface area contributed by atoms with Gasteiger partial charge in [-0.3, -0.25) is 24.3 Å². The minimum atomic E-state index is -0.875. The highest BCUT2D eigenvalue weighted by molar-refractivity contribution is 6.24. The second-order valence-electron chi connectivity index (χ2n) is 10.8. The van der Waals surface area contributed by atoms with E-state index in [1.54, 1.807) is 42.3 Å². The van der Waals surface area contributed by atoms with Crippen LogP contribution in [0.2, 0.25) is 0 Å². The monoisotopic (exact) mass is 573 g/mol. The lowest BCUT2D eigenvalue weighted by Crippen LogP contribution is -2.39. The quantitative estimate of drug-likeness (QED) is 0.316. The Morgan fingerprint density at radius 2 is 1.64 bits per heavy atom. The van der Waals surface area contributed by atoms with Gasteiger partial charge in [0.1, 0.15) is 11.7 Å². The van der Waals surface area contributed by atoms with Gasteiger partial charge in [0.25, 0.3) is 0 Å². The molecule has 0 aromatic heterocycles. The fourth-order valence-electron chi connectivity index (χ4n) is 4.72. The molecule has 0 spiro atoms. The molecule has 0 aliphatic carbocycles. The summed E-state index contributed by atoms with van der Waals surface area (Å²) in [6.07, 6.45) is 0.396. The van der Waals surface area contributed by atoms with Crippen LogP contribution in [0.3, 0.4) is 0 Å². The molecule has 3 aromatic carbocycles. The highest BCUT2D eigenvalue weighted by Crippen LogP contribution is 2.37. The lowest BCUT2D eigenvalue weighted by atomic mass is 9.90. The Bertz CT molecular complexity index is 1470. The molecule has 0 radical (unpaired) electrons. The first-order valence-corrected chi connectivity index (χ1v) is 13.7. The summed E-state index contributed by atoms with van der Waals surface area (Å²) >= 11 is 0. The second-order valence-corrected chi connectivity index (χ2v) is 10.8. The number of amides is 2. The number of halogens is 1. The number of carboxylic acid groups (broad SMARTS) is 1. The van der Waals surface area contributed by atoms with Crippen LogP contribution >= 0.6 is 0 Å². The summed E-state index contributed by atoms with van der Waals surface area (Å²) in [4.78, 5) is 47.5. The number of aliphatic carboxylic acids is 1. The van der Waals surface area contributed by atoms with Crippen molar-refractivity contribution in [2.24, 2.45) is 4.99 Å². The molecule has 0 saturated heterocycles. The average Bonchev–Trinajstić information content (AvgIpc) is 3.28. The third kappa shape index (κ3) is 7.65. The number of hydrogen-bond acceptors (Lipinski definition) is 6. The van der Waals surface area contributed by atoms with Gasteiger partial charge in [-0.1, -0.05) is 30.3 Å². The van der Waals surface area contributed by atoms with E-state index in [-0.39, 0.29) is 24.8 Å². The molecule has 9 nitrogen and oxygen atoms in total. The van der Waals surface area contributed by atoms with Crippen molar-refractivity contribution in [1.29, 1.82) is 0 Å². The smallest absolute Gasteiger partial charge is 0.303 e. The maximum Gasteiger partial charge on any atom is 0.303 e. The molecular formula is C32H36FN5O4. The molecule has 10 heteroatoms. The van der Waals surface area contributed by atoms with Crippen molar-refractivity contribution < 1.29 is 23.9 Å². The summed E-state index contributed by atoms with van der Waals surface area (Å²) in [7, 11) is 7.63. The first-order chi connectivity index (χ1) is 20.0. The van der Waals surface area contributed by atoms with Crippen LogP contribution in [-0.4, -0.2) is 86.2 Å². The third-order valence-electron chi connectivity index (χ3n) is 7.19. The standard InChI is InChI=1S/C32H36FN5O4/c1-36(2)17-18-37(3)20-28(39)38(4)25-13-11-24(12-14-25)34-31(22-8-5-21(6-9-22)7-16-29(40)41)30-26-15-10-23(33)19-27(26)35-32(30)42/h5-6,8-15,19,30H,7,16-18,20H2,1-4H3,(H,35,42)(H,40,41). The first-order valence-electron chi connectivity index (χ1n) is 13.7. The molecule has 1 aliphatic rings. The van der Waals surface area contributed by atoms with Gasteiger partial charge in [-0.25, -0.2) is 4.39 Å². The molecule has 0 bridgehead atoms. The van der Waals surface area contributed by atoms with Gasteiger partial charge in [-0.2, -0.15) is 0 Å². The Labute approximate surface area is 245 Å². The van der Waals surface area contributed by atoms with Gasteiger partial charge in [0, 0.05) is 37.9 Å². The number of nitrogens with zero attached hydrogens (tertiary/aromatic N) is 4. The van der Waals surface area contributed by atoms with Gasteiger partial charge >= 0.3 is 5.97 Å². The Hall–Kier alpha value is -4.41. The maximum atomic E-state index is 13.9. The number of nitrogens with one attached hydrogen (secondary N) is 1. The van der Waals surface area contributed by atoms with Crippen molar-refractivity contribution in [3.63, 3.8) is 0 Å². The molecule has 0 saturated carbocycles. The van der Waals surface area contributed by atoms with Crippen LogP contribution in [-0.2, 0) is 20.8 Å². The number of carboxylic acids is 1. The van der Waals surface area contributed by atoms with Crippen LogP contribution in [0.25, 0.3) is 0 Å². The van der Waals surface area contributed by atoms with Gasteiger partial charge in [0.15, 0.2) is 0 Å². The van der Waals surface area contributed by atoms with Crippen molar-refractivity contribution in [3.8, 4) is 0 Å². The molecule has 0 fully saturated rings. The van der Waals surface area contributed by atoms with Crippen LogP contribution in [0.1, 0.15) is 29.0 Å². The molecule has 220 valence electrons. The van der Waals surface area contributed by atoms with Crippen molar-refractivity contribution in [1.82, 2.24) is 9.80 Å². The van der Waals surface area contributed by atoms with Crippen LogP contribution < -0.4 is 10.2 Å². The van der Waals surface area contributed by atoms with E-state index in [9.17, 15) is 18.8 Å². The third-order valence-corrected chi connectivity index (χ3v) is 7.19. The highest BCUT2D eigenvalue weighted by Gasteiger charge is 2.35. The van der Waals surface area contributed by atoms with E-state index in [2.05, 4.69) is 10.2 Å². The van der Waals surface area contributed by atoms with E-state index < -0.39 is 17.7 Å². The zero-order valence-corrected chi connectivity index (χ0v) is 24.3. The number of aryl methyl sites for hydroxylation is 1. The lowest BCUT2D eigenvalue weighted by Gasteiger charge is -2.23. The summed E-state index contributed by atoms with van der Waals surface area (Å²) < 4.78 is 13.9. The van der Waals surface area contributed by atoms with Crippen LogP contribution in [0, 0.1) is 5.82 Å². The summed E-state index contributed by atoms with van der Waals surface area (Å²) in [5, 5.41) is 11.8. The Kier molecular flexibility index (Phi) is 9.82.